The number of halogens is 2. The van der Waals surface area contributed by atoms with Crippen molar-refractivity contribution in [2.45, 2.75) is 59.3 Å². The van der Waals surface area contributed by atoms with Gasteiger partial charge in [-0.1, -0.05) is 118 Å². The number of hydrogen-bond acceptors (Lipinski definition) is 10. The number of nitrogens with zero attached hydrogens (tertiary/aromatic N) is 5. The number of aromatic nitrogens is 5. The number of aldehydes is 1. The van der Waals surface area contributed by atoms with E-state index in [2.05, 4.69) is 53.0 Å². The zero-order valence-electron chi connectivity index (χ0n) is 43.0. The average molecular weight is 1240 g/mol. The van der Waals surface area contributed by atoms with Gasteiger partial charge in [0.25, 0.3) is 11.5 Å². The van der Waals surface area contributed by atoms with Crippen LogP contribution in [0.2, 0.25) is 0 Å². The number of aromatic amines is 1. The zero-order valence-corrected chi connectivity index (χ0v) is 47.3. The summed E-state index contributed by atoms with van der Waals surface area (Å²) >= 11 is 2.60. The van der Waals surface area contributed by atoms with Gasteiger partial charge in [-0.2, -0.15) is 0 Å². The second-order valence-corrected chi connectivity index (χ2v) is 21.0. The molecule has 8 aromatic rings. The Kier molecular flexibility index (Phi) is 29.6. The largest absolute Gasteiger partial charge is 0.369 e. The van der Waals surface area contributed by atoms with E-state index in [0.29, 0.717) is 34.3 Å². The fraction of sp³-hybridized carbons (Fsp3) is 0.148. The van der Waals surface area contributed by atoms with Crippen LogP contribution in [0.15, 0.2) is 211 Å². The lowest BCUT2D eigenvalue weighted by Crippen LogP contribution is -2.26. The maximum Gasteiger partial charge on any atom is 0.256 e. The van der Waals surface area contributed by atoms with E-state index >= 15 is 0 Å². The quantitative estimate of drug-likeness (QED) is 0.0794. The van der Waals surface area contributed by atoms with Crippen molar-refractivity contribution in [1.29, 1.82) is 0 Å². The summed E-state index contributed by atoms with van der Waals surface area (Å²) in [5.41, 5.74) is 15.0. The number of hydrogen-bond donors (Lipinski definition) is 2. The van der Waals surface area contributed by atoms with Crippen molar-refractivity contribution in [1.82, 2.24) is 24.9 Å². The van der Waals surface area contributed by atoms with Gasteiger partial charge in [0.15, 0.2) is 5.78 Å². The number of primary amides is 1. The lowest BCUT2D eigenvalue weighted by atomic mass is 9.76. The van der Waals surface area contributed by atoms with E-state index in [4.69, 9.17) is 5.73 Å². The van der Waals surface area contributed by atoms with Gasteiger partial charge in [0.1, 0.15) is 12.1 Å². The number of carbonyl (C=O) groups excluding carboxylic acids is 5. The Bertz CT molecular complexity index is 3130. The molecule has 390 valence electrons. The maximum atomic E-state index is 12.4. The van der Waals surface area contributed by atoms with Gasteiger partial charge in [-0.05, 0) is 159 Å². The van der Waals surface area contributed by atoms with E-state index in [-0.39, 0.29) is 40.8 Å². The number of ketones is 2. The summed E-state index contributed by atoms with van der Waals surface area (Å²) in [6, 6.07) is 45.9. The second-order valence-electron chi connectivity index (χ2n) is 16.6. The molecule has 6 heterocycles. The van der Waals surface area contributed by atoms with Crippen LogP contribution in [0, 0.1) is 6.92 Å². The van der Waals surface area contributed by atoms with E-state index in [9.17, 15) is 28.8 Å². The normalized spacial score (nSPS) is 12.8. The van der Waals surface area contributed by atoms with Crippen LogP contribution < -0.4 is 11.3 Å². The van der Waals surface area contributed by atoms with Gasteiger partial charge in [-0.25, -0.2) is 4.99 Å². The summed E-state index contributed by atoms with van der Waals surface area (Å²) in [5.74, 6) is -0.150. The number of Topliss-reactive ketones (excluding diaryl/α,β-unsaturated/α-hetero) is 1. The minimum absolute atomic E-state index is 0.0400. The Balaban J connectivity index is 0.000000252. The second kappa shape index (κ2) is 36.1. The van der Waals surface area contributed by atoms with Gasteiger partial charge in [0.2, 0.25) is 5.91 Å². The Morgan fingerprint density at radius 1 is 0.671 bits per heavy atom. The fourth-order valence-corrected chi connectivity index (χ4v) is 7.13. The van der Waals surface area contributed by atoms with Crippen LogP contribution in [-0.4, -0.2) is 64.8 Å². The van der Waals surface area contributed by atoms with E-state index in [1.165, 1.54) is 26.8 Å². The standard InChI is InChI=1S/C17H16N2O.C17H14N2O.C9H9NO.C8H9NO.C6H5NO.C3H6O.CH2I2/c2*1-12-11-15(13-7-9-18-10-8-13)16(17(20)19-12)14-5-3-2-4-6-14;1-8(11)2-3-9-4-6-10-7-5-9;9-8(10)6-7-4-2-1-3-5-7;8-5-6-1-3-7-4-2-6;1-3(2)4;1-3-2/h2-10,15-16H,11H2,1H3;2-11H,1H3,(H,19,20);2-7H,1H3;1-5H,6H2,(H2,9,10);1-5H;1-2H3;1H2/b;;3-2+;;;;. The molecular formula is C61H61I2N7O6. The summed E-state index contributed by atoms with van der Waals surface area (Å²) in [7, 11) is 0. The smallest absolute Gasteiger partial charge is 0.256 e. The fourth-order valence-electron chi connectivity index (χ4n) is 7.13. The van der Waals surface area contributed by atoms with E-state index in [0.717, 1.165) is 63.1 Å². The first-order valence-electron chi connectivity index (χ1n) is 23.6. The van der Waals surface area contributed by atoms with Crippen LogP contribution in [0.1, 0.15) is 84.3 Å². The molecule has 76 heavy (non-hydrogen) atoms. The van der Waals surface area contributed by atoms with Crippen molar-refractivity contribution in [3.63, 3.8) is 0 Å². The molecule has 2 unspecified atom stereocenters. The molecule has 3 aromatic carbocycles. The number of amides is 2. The monoisotopic (exact) mass is 1240 g/mol. The highest BCUT2D eigenvalue weighted by Crippen LogP contribution is 2.39. The molecule has 0 fully saturated rings. The summed E-state index contributed by atoms with van der Waals surface area (Å²) in [6.07, 6.45) is 18.8. The van der Waals surface area contributed by atoms with Crippen LogP contribution in [-0.2, 0) is 25.6 Å². The number of allylic oxidation sites excluding steroid dienone is 1. The molecule has 0 saturated heterocycles. The molecule has 2 atom stereocenters. The molecule has 9 rings (SSSR count). The maximum absolute atomic E-state index is 12.4. The minimum atomic E-state index is -0.286. The summed E-state index contributed by atoms with van der Waals surface area (Å²) in [5, 5.41) is 0. The topological polar surface area (TPSA) is 208 Å². The molecule has 0 bridgehead atoms. The molecule has 1 aliphatic heterocycles. The molecule has 3 N–H and O–H groups in total. The Labute approximate surface area is 464 Å². The van der Waals surface area contributed by atoms with Crippen LogP contribution in [0.3, 0.4) is 0 Å². The molecule has 13 nitrogen and oxygen atoms in total. The van der Waals surface area contributed by atoms with Crippen LogP contribution in [0.4, 0.5) is 0 Å². The molecule has 15 heteroatoms. The Morgan fingerprint density at radius 3 is 1.61 bits per heavy atom. The van der Waals surface area contributed by atoms with E-state index in [1.54, 1.807) is 67.8 Å². The van der Waals surface area contributed by atoms with Crippen molar-refractivity contribution in [2.75, 3.05) is 0 Å². The van der Waals surface area contributed by atoms with E-state index < -0.39 is 0 Å². The third kappa shape index (κ3) is 24.4. The van der Waals surface area contributed by atoms with Crippen molar-refractivity contribution in [3.8, 4) is 22.3 Å². The number of benzene rings is 3. The zero-order chi connectivity index (χ0) is 55.5. The highest BCUT2D eigenvalue weighted by Gasteiger charge is 2.34. The van der Waals surface area contributed by atoms with Gasteiger partial charge in [-0.3, -0.25) is 43.9 Å². The number of rotatable bonds is 9. The number of H-pyrrole nitrogens is 1. The van der Waals surface area contributed by atoms with Crippen molar-refractivity contribution in [3.05, 3.63) is 245 Å². The summed E-state index contributed by atoms with van der Waals surface area (Å²) in [4.78, 5) is 87.8. The summed E-state index contributed by atoms with van der Waals surface area (Å²) in [6.45, 7) is 8.39. The summed E-state index contributed by atoms with van der Waals surface area (Å²) < 4.78 is 3.58. The third-order valence-corrected chi connectivity index (χ3v) is 10.3. The molecule has 1 aliphatic rings. The molecule has 0 spiro atoms. The van der Waals surface area contributed by atoms with Crippen molar-refractivity contribution >= 4 is 81.3 Å². The van der Waals surface area contributed by atoms with Gasteiger partial charge in [-0.15, -0.1) is 0 Å². The number of aliphatic imine (C=N–C) groups is 1. The lowest BCUT2D eigenvalue weighted by molar-refractivity contribution is -0.120. The molecule has 2 amide bonds. The van der Waals surface area contributed by atoms with Crippen molar-refractivity contribution < 1.29 is 24.0 Å². The van der Waals surface area contributed by atoms with Crippen molar-refractivity contribution in [2.24, 2.45) is 10.7 Å². The first kappa shape index (κ1) is 62.4. The highest BCUT2D eigenvalue weighted by molar-refractivity contribution is 15.0. The average Bonchev–Trinajstić information content (AvgIpc) is 3.42. The van der Waals surface area contributed by atoms with Crippen LogP contribution in [0.5, 0.6) is 0 Å². The van der Waals surface area contributed by atoms with Crippen LogP contribution >= 0.6 is 35.4 Å². The predicted molar refractivity (Wildman–Crippen MR) is 324 cm³/mol. The first-order chi connectivity index (χ1) is 36.7. The molecule has 0 aliphatic carbocycles. The molecule has 0 saturated carbocycles. The molecule has 5 aromatic heterocycles. The van der Waals surface area contributed by atoms with Gasteiger partial charge < -0.3 is 15.5 Å². The van der Waals surface area contributed by atoms with Gasteiger partial charge >= 0.3 is 0 Å². The van der Waals surface area contributed by atoms with Gasteiger partial charge in [0.05, 0.1) is 17.9 Å². The Hall–Kier alpha value is -7.90. The third-order valence-electron chi connectivity index (χ3n) is 10.3. The highest BCUT2D eigenvalue weighted by atomic mass is 128. The van der Waals surface area contributed by atoms with E-state index in [1.807, 2.05) is 147 Å². The minimum Gasteiger partial charge on any atom is -0.369 e. The van der Waals surface area contributed by atoms with Crippen LogP contribution in [0.25, 0.3) is 28.3 Å². The SMILES string of the molecule is C=II.CC(=O)/C=C/c1ccncc1.CC(C)=O.CC1=NC(=O)C(c2ccccc2)C(c2ccncc2)C1.Cc1cc(-c2ccncc2)c(-c2ccccc2)c(=O)[nH]1.NC(=O)Cc1ccccc1.O=Cc1ccncc1. The predicted octanol–water partition coefficient (Wildman–Crippen LogP) is 12.4. The Morgan fingerprint density at radius 2 is 1.13 bits per heavy atom. The number of nitrogens with two attached hydrogens (primary N) is 1. The number of carbonyl (C=O) groups is 5. The molecular weight excluding hydrogens is 1180 g/mol. The van der Waals surface area contributed by atoms with Gasteiger partial charge in [0, 0.05) is 72.5 Å². The lowest BCUT2D eigenvalue weighted by Gasteiger charge is -2.29. The first-order valence-corrected chi connectivity index (χ1v) is 31.4. The molecule has 0 radical (unpaired) electrons. The number of aryl methyl sites for hydroxylation is 1. The number of nitrogens with one attached hydrogen (secondary N) is 1. The number of pyridine rings is 5.